The summed E-state index contributed by atoms with van der Waals surface area (Å²) in [4.78, 5) is 27.3. The molecule has 0 radical (unpaired) electrons. The van der Waals surface area contributed by atoms with Gasteiger partial charge in [-0.1, -0.05) is 69.3 Å². The summed E-state index contributed by atoms with van der Waals surface area (Å²) in [6.45, 7) is 8.35. The first-order chi connectivity index (χ1) is 13.3. The van der Waals surface area contributed by atoms with E-state index in [0.29, 0.717) is 6.54 Å². The fourth-order valence-electron chi connectivity index (χ4n) is 3.83. The first-order valence-corrected chi connectivity index (χ1v) is 10.1. The third-order valence-electron chi connectivity index (χ3n) is 5.39. The van der Waals surface area contributed by atoms with Crippen LogP contribution in [-0.2, 0) is 10.2 Å². The van der Waals surface area contributed by atoms with Crippen molar-refractivity contribution >= 4 is 17.4 Å². The highest BCUT2D eigenvalue weighted by Gasteiger charge is 2.27. The van der Waals surface area contributed by atoms with Crippen molar-refractivity contribution in [3.63, 3.8) is 0 Å². The third-order valence-corrected chi connectivity index (χ3v) is 5.39. The summed E-state index contributed by atoms with van der Waals surface area (Å²) >= 11 is 0. The number of nitrogens with zero attached hydrogens (tertiary/aromatic N) is 1. The third kappa shape index (κ3) is 5.08. The first-order valence-electron chi connectivity index (χ1n) is 10.1. The highest BCUT2D eigenvalue weighted by atomic mass is 16.2. The number of para-hydroxylation sites is 1. The minimum atomic E-state index is -0.0278. The lowest BCUT2D eigenvalue weighted by atomic mass is 9.86. The molecular formula is C24H30N2O2. The molecule has 0 bridgehead atoms. The van der Waals surface area contributed by atoms with Crippen LogP contribution in [0.4, 0.5) is 5.69 Å². The topological polar surface area (TPSA) is 49.4 Å². The standard InChI is InChI=1S/C24H30N2O2/c1-24(2,3)20-11-7-8-12-21(20)25-22(27)17-26-15-13-19(14-16-26)23(28)18-9-5-4-6-10-18/h4-12,19H,13-17H2,1-3H3,(H,25,27). The van der Waals surface area contributed by atoms with Crippen LogP contribution in [0, 0.1) is 5.92 Å². The summed E-state index contributed by atoms with van der Waals surface area (Å²) in [6.07, 6.45) is 1.61. The van der Waals surface area contributed by atoms with Crippen molar-refractivity contribution < 1.29 is 9.59 Å². The number of hydrogen-bond acceptors (Lipinski definition) is 3. The molecule has 4 nitrogen and oxygen atoms in total. The van der Waals surface area contributed by atoms with E-state index in [0.717, 1.165) is 42.7 Å². The van der Waals surface area contributed by atoms with Gasteiger partial charge in [-0.15, -0.1) is 0 Å². The lowest BCUT2D eigenvalue weighted by molar-refractivity contribution is -0.117. The van der Waals surface area contributed by atoms with E-state index in [2.05, 4.69) is 37.1 Å². The molecule has 0 aromatic heterocycles. The Morgan fingerprint density at radius 1 is 0.964 bits per heavy atom. The Hall–Kier alpha value is -2.46. The molecule has 0 aliphatic carbocycles. The largest absolute Gasteiger partial charge is 0.325 e. The van der Waals surface area contributed by atoms with E-state index in [1.165, 1.54) is 0 Å². The summed E-state index contributed by atoms with van der Waals surface area (Å²) in [6, 6.07) is 17.5. The van der Waals surface area contributed by atoms with Gasteiger partial charge in [-0.05, 0) is 43.0 Å². The van der Waals surface area contributed by atoms with E-state index in [1.807, 2.05) is 48.5 Å². The maximum absolute atomic E-state index is 12.6. The van der Waals surface area contributed by atoms with E-state index in [-0.39, 0.29) is 23.0 Å². The molecule has 148 valence electrons. The van der Waals surface area contributed by atoms with Gasteiger partial charge in [-0.25, -0.2) is 0 Å². The molecule has 2 aromatic carbocycles. The molecule has 0 saturated carbocycles. The van der Waals surface area contributed by atoms with Crippen molar-refractivity contribution in [2.45, 2.75) is 39.0 Å². The molecular weight excluding hydrogens is 348 g/mol. The van der Waals surface area contributed by atoms with E-state index < -0.39 is 0 Å². The van der Waals surface area contributed by atoms with Gasteiger partial charge in [-0.2, -0.15) is 0 Å². The fraction of sp³-hybridized carbons (Fsp3) is 0.417. The van der Waals surface area contributed by atoms with Crippen molar-refractivity contribution in [3.8, 4) is 0 Å². The van der Waals surface area contributed by atoms with E-state index in [9.17, 15) is 9.59 Å². The summed E-state index contributed by atoms with van der Waals surface area (Å²) in [7, 11) is 0. The van der Waals surface area contributed by atoms with Gasteiger partial charge in [-0.3, -0.25) is 14.5 Å². The number of likely N-dealkylation sites (tertiary alicyclic amines) is 1. The molecule has 1 aliphatic heterocycles. The quantitative estimate of drug-likeness (QED) is 0.779. The second kappa shape index (κ2) is 8.70. The van der Waals surface area contributed by atoms with Crippen LogP contribution in [0.2, 0.25) is 0 Å². The van der Waals surface area contributed by atoms with Crippen LogP contribution >= 0.6 is 0 Å². The zero-order chi connectivity index (χ0) is 20.1. The molecule has 1 N–H and O–H groups in total. The second-order valence-corrected chi connectivity index (χ2v) is 8.62. The number of carbonyl (C=O) groups excluding carboxylic acids is 2. The Morgan fingerprint density at radius 3 is 2.21 bits per heavy atom. The first kappa shape index (κ1) is 20.3. The molecule has 1 fully saturated rings. The smallest absolute Gasteiger partial charge is 0.238 e. The number of Topliss-reactive ketones (excluding diaryl/α,β-unsaturated/α-hetero) is 1. The van der Waals surface area contributed by atoms with Gasteiger partial charge in [0.2, 0.25) is 5.91 Å². The maximum atomic E-state index is 12.6. The van der Waals surface area contributed by atoms with Crippen molar-refractivity contribution in [2.24, 2.45) is 5.92 Å². The number of carbonyl (C=O) groups is 2. The zero-order valence-corrected chi connectivity index (χ0v) is 17.1. The molecule has 2 aromatic rings. The minimum Gasteiger partial charge on any atom is -0.325 e. The van der Waals surface area contributed by atoms with Crippen LogP contribution in [-0.4, -0.2) is 36.2 Å². The number of hydrogen-bond donors (Lipinski definition) is 1. The highest BCUT2D eigenvalue weighted by Crippen LogP contribution is 2.29. The van der Waals surface area contributed by atoms with E-state index >= 15 is 0 Å². The number of benzene rings is 2. The van der Waals surface area contributed by atoms with Crippen LogP contribution in [0.1, 0.15) is 49.5 Å². The van der Waals surface area contributed by atoms with Crippen LogP contribution in [0.3, 0.4) is 0 Å². The number of ketones is 1. The molecule has 0 spiro atoms. The van der Waals surface area contributed by atoms with Crippen LogP contribution < -0.4 is 5.32 Å². The number of piperidine rings is 1. The predicted molar refractivity (Wildman–Crippen MR) is 114 cm³/mol. The Morgan fingerprint density at radius 2 is 1.57 bits per heavy atom. The zero-order valence-electron chi connectivity index (χ0n) is 17.1. The normalized spacial score (nSPS) is 16.0. The highest BCUT2D eigenvalue weighted by molar-refractivity contribution is 5.98. The van der Waals surface area contributed by atoms with Crippen molar-refractivity contribution in [2.75, 3.05) is 25.0 Å². The molecule has 0 atom stereocenters. The van der Waals surface area contributed by atoms with Gasteiger partial charge >= 0.3 is 0 Å². The monoisotopic (exact) mass is 378 g/mol. The van der Waals surface area contributed by atoms with Crippen molar-refractivity contribution in [1.82, 2.24) is 4.90 Å². The maximum Gasteiger partial charge on any atom is 0.238 e. The Labute approximate surface area is 167 Å². The van der Waals surface area contributed by atoms with Gasteiger partial charge in [0.25, 0.3) is 0 Å². The van der Waals surface area contributed by atoms with E-state index in [4.69, 9.17) is 0 Å². The summed E-state index contributed by atoms with van der Waals surface area (Å²) < 4.78 is 0. The van der Waals surface area contributed by atoms with Gasteiger partial charge in [0.05, 0.1) is 6.54 Å². The molecule has 1 heterocycles. The summed E-state index contributed by atoms with van der Waals surface area (Å²) in [5.74, 6) is 0.289. The van der Waals surface area contributed by atoms with Crippen molar-refractivity contribution in [1.29, 1.82) is 0 Å². The summed E-state index contributed by atoms with van der Waals surface area (Å²) in [5, 5.41) is 3.08. The number of anilines is 1. The Balaban J connectivity index is 1.53. The van der Waals surface area contributed by atoms with Crippen LogP contribution in [0.15, 0.2) is 54.6 Å². The Kier molecular flexibility index (Phi) is 6.30. The van der Waals surface area contributed by atoms with E-state index in [1.54, 1.807) is 0 Å². The summed E-state index contributed by atoms with van der Waals surface area (Å²) in [5.41, 5.74) is 2.78. The molecule has 1 aliphatic rings. The molecule has 0 unspecified atom stereocenters. The Bertz CT molecular complexity index is 816. The fourth-order valence-corrected chi connectivity index (χ4v) is 3.83. The number of nitrogens with one attached hydrogen (secondary N) is 1. The minimum absolute atomic E-state index is 0.00420. The molecule has 3 rings (SSSR count). The number of rotatable bonds is 5. The lowest BCUT2D eigenvalue weighted by Crippen LogP contribution is -2.41. The van der Waals surface area contributed by atoms with Gasteiger partial charge in [0.15, 0.2) is 5.78 Å². The van der Waals surface area contributed by atoms with Gasteiger partial charge in [0.1, 0.15) is 0 Å². The van der Waals surface area contributed by atoms with Crippen LogP contribution in [0.25, 0.3) is 0 Å². The molecule has 4 heteroatoms. The lowest BCUT2D eigenvalue weighted by Gasteiger charge is -2.31. The number of amides is 1. The van der Waals surface area contributed by atoms with Gasteiger partial charge in [0, 0.05) is 17.2 Å². The SMILES string of the molecule is CC(C)(C)c1ccccc1NC(=O)CN1CCC(C(=O)c2ccccc2)CC1. The molecule has 1 amide bonds. The molecule has 1 saturated heterocycles. The average Bonchev–Trinajstić information content (AvgIpc) is 2.68. The van der Waals surface area contributed by atoms with Crippen LogP contribution in [0.5, 0.6) is 0 Å². The predicted octanol–water partition coefficient (Wildman–Crippen LogP) is 4.52. The molecule has 28 heavy (non-hydrogen) atoms. The second-order valence-electron chi connectivity index (χ2n) is 8.62. The van der Waals surface area contributed by atoms with Gasteiger partial charge < -0.3 is 5.32 Å². The van der Waals surface area contributed by atoms with Crippen molar-refractivity contribution in [3.05, 3.63) is 65.7 Å². The average molecular weight is 379 g/mol.